The minimum Gasteiger partial charge on any atom is -0.430 e. The molecule has 5 rings (SSSR count). The van der Waals surface area contributed by atoms with Crippen LogP contribution >= 0.6 is 0 Å². The molecule has 1 aliphatic carbocycles. The van der Waals surface area contributed by atoms with Gasteiger partial charge in [-0.3, -0.25) is 4.79 Å². The maximum absolute atomic E-state index is 12.5. The molecule has 9 nitrogen and oxygen atoms in total. The van der Waals surface area contributed by atoms with E-state index in [1.807, 2.05) is 12.1 Å². The second-order valence-electron chi connectivity index (χ2n) is 7.26. The topological polar surface area (TPSA) is 106 Å². The Bertz CT molecular complexity index is 1060. The summed E-state index contributed by atoms with van der Waals surface area (Å²) in [5.74, 6) is 2.41. The summed E-state index contributed by atoms with van der Waals surface area (Å²) < 4.78 is 10.1. The molecule has 1 amide bonds. The van der Waals surface area contributed by atoms with E-state index in [-0.39, 0.29) is 5.91 Å². The maximum atomic E-state index is 12.5. The largest absolute Gasteiger partial charge is 0.430 e. The number of nitrogens with zero attached hydrogens (tertiary/aromatic N) is 5. The Morgan fingerprint density at radius 1 is 1.07 bits per heavy atom. The smallest absolute Gasteiger partial charge is 0.335 e. The van der Waals surface area contributed by atoms with Gasteiger partial charge in [-0.05, 0) is 31.0 Å². The zero-order valence-electron chi connectivity index (χ0n) is 15.7. The first kappa shape index (κ1) is 17.6. The quantitative estimate of drug-likeness (QED) is 0.662. The Labute approximate surface area is 166 Å². The third-order valence-corrected chi connectivity index (χ3v) is 5.21. The van der Waals surface area contributed by atoms with E-state index in [1.54, 1.807) is 11.1 Å². The van der Waals surface area contributed by atoms with Crippen molar-refractivity contribution in [3.63, 3.8) is 0 Å². The van der Waals surface area contributed by atoms with Crippen molar-refractivity contribution in [2.45, 2.75) is 18.8 Å². The van der Waals surface area contributed by atoms with Crippen LogP contribution in [0.15, 0.2) is 50.5 Å². The molecule has 1 saturated heterocycles. The van der Waals surface area contributed by atoms with Gasteiger partial charge in [0.05, 0.1) is 5.56 Å². The minimum absolute atomic E-state index is 0.139. The lowest BCUT2D eigenvalue weighted by Crippen LogP contribution is -2.49. The predicted molar refractivity (Wildman–Crippen MR) is 103 cm³/mol. The van der Waals surface area contributed by atoms with Crippen molar-refractivity contribution in [2.24, 2.45) is 0 Å². The van der Waals surface area contributed by atoms with E-state index in [9.17, 15) is 9.59 Å². The predicted octanol–water partition coefficient (Wildman–Crippen LogP) is 1.92. The molecule has 2 aliphatic rings. The molecule has 0 unspecified atom stereocenters. The summed E-state index contributed by atoms with van der Waals surface area (Å²) in [4.78, 5) is 36.4. The molecule has 0 spiro atoms. The van der Waals surface area contributed by atoms with E-state index in [1.165, 1.54) is 18.4 Å². The highest BCUT2D eigenvalue weighted by atomic mass is 16.5. The molecule has 2 fully saturated rings. The number of pyridine rings is 1. The molecule has 1 aliphatic heterocycles. The van der Waals surface area contributed by atoms with Crippen molar-refractivity contribution in [3.05, 3.63) is 58.6 Å². The fourth-order valence-electron chi connectivity index (χ4n) is 3.35. The van der Waals surface area contributed by atoms with Gasteiger partial charge >= 0.3 is 5.63 Å². The van der Waals surface area contributed by atoms with Gasteiger partial charge in [-0.15, -0.1) is 0 Å². The Kier molecular flexibility index (Phi) is 4.34. The van der Waals surface area contributed by atoms with Crippen LogP contribution in [0.3, 0.4) is 0 Å². The van der Waals surface area contributed by atoms with Gasteiger partial charge in [0, 0.05) is 49.9 Å². The molecular formula is C20H19N5O4. The molecule has 0 aromatic carbocycles. The van der Waals surface area contributed by atoms with Crippen LogP contribution < -0.4 is 10.5 Å². The van der Waals surface area contributed by atoms with Crippen LogP contribution in [-0.4, -0.2) is 52.1 Å². The average molecular weight is 393 g/mol. The van der Waals surface area contributed by atoms with Crippen LogP contribution in [-0.2, 0) is 0 Å². The first-order valence-corrected chi connectivity index (χ1v) is 9.60. The summed E-state index contributed by atoms with van der Waals surface area (Å²) in [7, 11) is 0. The number of anilines is 1. The number of aromatic nitrogens is 3. The number of piperazine rings is 1. The number of hydrogen-bond donors (Lipinski definition) is 0. The molecule has 0 radical (unpaired) electrons. The first-order valence-electron chi connectivity index (χ1n) is 9.60. The Balaban J connectivity index is 1.21. The van der Waals surface area contributed by atoms with Crippen molar-refractivity contribution in [1.82, 2.24) is 20.0 Å². The third-order valence-electron chi connectivity index (χ3n) is 5.21. The Morgan fingerprint density at radius 2 is 1.90 bits per heavy atom. The normalized spacial score (nSPS) is 16.8. The standard InChI is InChI=1S/C20H19N5O4/c26-17-6-4-15(12-28-17)20(27)25-9-7-24(8-10-25)16-5-3-14(11-21-16)18-22-19(29-23-18)13-1-2-13/h3-6,11-13H,1-2,7-10H2. The van der Waals surface area contributed by atoms with Gasteiger partial charge in [-0.1, -0.05) is 5.16 Å². The summed E-state index contributed by atoms with van der Waals surface area (Å²) in [5.41, 5.74) is 0.737. The SMILES string of the molecule is O=C(c1ccc(=O)oc1)N1CCN(c2ccc(-c3noc(C4CC4)n3)cn2)CC1. The second kappa shape index (κ2) is 7.16. The molecular weight excluding hydrogens is 374 g/mol. The molecule has 0 N–H and O–H groups in total. The van der Waals surface area contributed by atoms with Gasteiger partial charge in [0.1, 0.15) is 12.1 Å². The highest BCUT2D eigenvalue weighted by Crippen LogP contribution is 2.39. The molecule has 9 heteroatoms. The van der Waals surface area contributed by atoms with E-state index >= 15 is 0 Å². The number of amides is 1. The summed E-state index contributed by atoms with van der Waals surface area (Å²) in [5, 5.41) is 4.04. The molecule has 0 atom stereocenters. The molecule has 3 aromatic heterocycles. The molecule has 29 heavy (non-hydrogen) atoms. The van der Waals surface area contributed by atoms with Gasteiger partial charge in [0.2, 0.25) is 11.7 Å². The number of carbonyl (C=O) groups excluding carboxylic acids is 1. The zero-order chi connectivity index (χ0) is 19.8. The summed E-state index contributed by atoms with van der Waals surface area (Å²) in [6.45, 7) is 2.47. The first-order chi connectivity index (χ1) is 14.2. The average Bonchev–Trinajstić information content (AvgIpc) is 3.51. The van der Waals surface area contributed by atoms with Gasteiger partial charge in [-0.2, -0.15) is 4.98 Å². The van der Waals surface area contributed by atoms with E-state index in [4.69, 9.17) is 8.94 Å². The molecule has 3 aromatic rings. The van der Waals surface area contributed by atoms with Crippen LogP contribution in [0, 0.1) is 0 Å². The number of rotatable bonds is 4. The monoisotopic (exact) mass is 393 g/mol. The molecule has 0 bridgehead atoms. The van der Waals surface area contributed by atoms with Crippen LogP contribution in [0.4, 0.5) is 5.82 Å². The highest BCUT2D eigenvalue weighted by Gasteiger charge is 2.30. The van der Waals surface area contributed by atoms with Crippen LogP contribution in [0.25, 0.3) is 11.4 Å². The third kappa shape index (κ3) is 3.63. The van der Waals surface area contributed by atoms with E-state index in [0.717, 1.165) is 24.2 Å². The Morgan fingerprint density at radius 3 is 2.55 bits per heavy atom. The molecule has 148 valence electrons. The van der Waals surface area contributed by atoms with Gasteiger partial charge in [-0.25, -0.2) is 9.78 Å². The summed E-state index contributed by atoms with van der Waals surface area (Å²) in [6, 6.07) is 6.62. The minimum atomic E-state index is -0.467. The van der Waals surface area contributed by atoms with E-state index in [0.29, 0.717) is 49.4 Å². The van der Waals surface area contributed by atoms with Gasteiger partial charge < -0.3 is 18.7 Å². The lowest BCUT2D eigenvalue weighted by atomic mass is 10.2. The van der Waals surface area contributed by atoms with E-state index < -0.39 is 5.63 Å². The lowest BCUT2D eigenvalue weighted by molar-refractivity contribution is 0.0743. The molecule has 1 saturated carbocycles. The molecule has 4 heterocycles. The number of carbonyl (C=O) groups is 1. The van der Waals surface area contributed by atoms with E-state index in [2.05, 4.69) is 20.0 Å². The van der Waals surface area contributed by atoms with Crippen LogP contribution in [0.1, 0.15) is 35.0 Å². The lowest BCUT2D eigenvalue weighted by Gasteiger charge is -2.35. The van der Waals surface area contributed by atoms with Crippen molar-refractivity contribution in [2.75, 3.05) is 31.1 Å². The summed E-state index contributed by atoms with van der Waals surface area (Å²) >= 11 is 0. The van der Waals surface area contributed by atoms with Gasteiger partial charge in [0.15, 0.2) is 0 Å². The van der Waals surface area contributed by atoms with Crippen molar-refractivity contribution in [3.8, 4) is 11.4 Å². The van der Waals surface area contributed by atoms with Gasteiger partial charge in [0.25, 0.3) is 5.91 Å². The van der Waals surface area contributed by atoms with Crippen molar-refractivity contribution >= 4 is 11.7 Å². The maximum Gasteiger partial charge on any atom is 0.335 e. The van der Waals surface area contributed by atoms with Crippen LogP contribution in [0.2, 0.25) is 0 Å². The summed E-state index contributed by atoms with van der Waals surface area (Å²) in [6.07, 6.45) is 5.20. The number of hydrogen-bond acceptors (Lipinski definition) is 8. The fraction of sp³-hybridized carbons (Fsp3) is 0.350. The highest BCUT2D eigenvalue weighted by molar-refractivity contribution is 5.93. The zero-order valence-corrected chi connectivity index (χ0v) is 15.7. The fourth-order valence-corrected chi connectivity index (χ4v) is 3.35. The van der Waals surface area contributed by atoms with Crippen LogP contribution in [0.5, 0.6) is 0 Å². The second-order valence-corrected chi connectivity index (χ2v) is 7.26. The Hall–Kier alpha value is -3.49. The van der Waals surface area contributed by atoms with Crippen molar-refractivity contribution in [1.29, 1.82) is 0 Å². The van der Waals surface area contributed by atoms with Crippen molar-refractivity contribution < 1.29 is 13.7 Å².